The quantitative estimate of drug-likeness (QED) is 0.590. The maximum atomic E-state index is 10.2. The number of aliphatic hydroxyl groups excluding tert-OH is 2. The van der Waals surface area contributed by atoms with E-state index in [0.29, 0.717) is 0 Å². The minimum Gasteiger partial charge on any atom is -0.408 e. The lowest BCUT2D eigenvalue weighted by Crippen LogP contribution is -2.59. The Hall–Kier alpha value is -0.203. The van der Waals surface area contributed by atoms with Gasteiger partial charge in [0, 0.05) is 0 Å². The molecular formula is C13H24O4Si. The summed E-state index contributed by atoms with van der Waals surface area (Å²) in [6.07, 6.45) is 0.852. The van der Waals surface area contributed by atoms with Gasteiger partial charge in [-0.25, -0.2) is 0 Å². The maximum Gasteiger partial charge on any atom is 0.192 e. The lowest BCUT2D eigenvalue weighted by Gasteiger charge is -2.45. The first kappa shape index (κ1) is 14.2. The number of hydrogen-bond acceptors (Lipinski definition) is 4. The summed E-state index contributed by atoms with van der Waals surface area (Å²) in [4.78, 5) is 0. The van der Waals surface area contributed by atoms with Crippen LogP contribution in [0.15, 0.2) is 12.2 Å². The van der Waals surface area contributed by atoms with Crippen LogP contribution >= 0.6 is 0 Å². The van der Waals surface area contributed by atoms with E-state index in [1.807, 2.05) is 12.2 Å². The molecule has 0 aromatic rings. The molecule has 0 radical (unpaired) electrons. The average Bonchev–Trinajstić information content (AvgIpc) is 2.66. The summed E-state index contributed by atoms with van der Waals surface area (Å²) in [7, 11) is -1.99. The molecule has 0 saturated carbocycles. The lowest BCUT2D eigenvalue weighted by atomic mass is 10.00. The fraction of sp³-hybridized carbons (Fsp3) is 0.846. The summed E-state index contributed by atoms with van der Waals surface area (Å²) in [5, 5.41) is 20.2. The van der Waals surface area contributed by atoms with E-state index in [4.69, 9.17) is 9.16 Å². The van der Waals surface area contributed by atoms with Crippen LogP contribution in [0.2, 0.25) is 18.1 Å². The summed E-state index contributed by atoms with van der Waals surface area (Å²) in [5.41, 5.74) is 0. The molecule has 2 bridgehead atoms. The first-order valence-electron chi connectivity index (χ1n) is 6.51. The molecule has 2 aliphatic heterocycles. The molecule has 2 rings (SSSR count). The van der Waals surface area contributed by atoms with Crippen LogP contribution < -0.4 is 0 Å². The van der Waals surface area contributed by atoms with Gasteiger partial charge < -0.3 is 19.4 Å². The highest BCUT2D eigenvalue weighted by molar-refractivity contribution is 6.74. The van der Waals surface area contributed by atoms with Gasteiger partial charge in [0.25, 0.3) is 0 Å². The number of rotatable bonds is 2. The van der Waals surface area contributed by atoms with E-state index in [2.05, 4.69) is 33.9 Å². The maximum absolute atomic E-state index is 10.2. The van der Waals surface area contributed by atoms with Gasteiger partial charge in [-0.3, -0.25) is 0 Å². The molecule has 5 heteroatoms. The van der Waals surface area contributed by atoms with E-state index in [-0.39, 0.29) is 17.2 Å². The van der Waals surface area contributed by atoms with Gasteiger partial charge >= 0.3 is 0 Å². The van der Waals surface area contributed by atoms with Crippen LogP contribution in [0.3, 0.4) is 0 Å². The van der Waals surface area contributed by atoms with Crippen molar-refractivity contribution in [2.24, 2.45) is 0 Å². The second-order valence-corrected chi connectivity index (χ2v) is 11.5. The van der Waals surface area contributed by atoms with Crippen LogP contribution in [-0.4, -0.2) is 49.1 Å². The Morgan fingerprint density at radius 2 is 1.61 bits per heavy atom. The molecular weight excluding hydrogens is 248 g/mol. The van der Waals surface area contributed by atoms with E-state index < -0.39 is 26.6 Å². The SMILES string of the molecule is CC(C)(C)[Si](C)(C)O[C@H]1[C@@H](O)[C@@H](O)[C@@H]2C=C[C@H]1O2. The van der Waals surface area contributed by atoms with Crippen molar-refractivity contribution < 1.29 is 19.4 Å². The topological polar surface area (TPSA) is 58.9 Å². The van der Waals surface area contributed by atoms with Gasteiger partial charge in [-0.15, -0.1) is 0 Å². The minimum atomic E-state index is -1.99. The van der Waals surface area contributed by atoms with Crippen molar-refractivity contribution in [3.8, 4) is 0 Å². The van der Waals surface area contributed by atoms with E-state index in [1.165, 1.54) is 0 Å². The molecule has 0 aliphatic carbocycles. The molecule has 0 aromatic carbocycles. The van der Waals surface area contributed by atoms with Gasteiger partial charge in [-0.05, 0) is 18.1 Å². The Kier molecular flexibility index (Phi) is 3.49. The summed E-state index contributed by atoms with van der Waals surface area (Å²) >= 11 is 0. The fourth-order valence-corrected chi connectivity index (χ4v) is 3.42. The number of hydrogen-bond donors (Lipinski definition) is 2. The zero-order valence-electron chi connectivity index (χ0n) is 11.8. The predicted octanol–water partition coefficient (Wildman–Crippen LogP) is 1.44. The monoisotopic (exact) mass is 272 g/mol. The summed E-state index contributed by atoms with van der Waals surface area (Å²) < 4.78 is 11.8. The number of fused-ring (bicyclic) bond motifs is 2. The third-order valence-corrected chi connectivity index (χ3v) is 8.86. The Bertz CT molecular complexity index is 347. The van der Waals surface area contributed by atoms with E-state index in [9.17, 15) is 10.2 Å². The van der Waals surface area contributed by atoms with Crippen LogP contribution in [0.4, 0.5) is 0 Å². The summed E-state index contributed by atoms with van der Waals surface area (Å²) in [6, 6.07) is 0. The molecule has 0 amide bonds. The fourth-order valence-electron chi connectivity index (χ4n) is 2.11. The lowest BCUT2D eigenvalue weighted by molar-refractivity contribution is -0.182. The molecule has 1 saturated heterocycles. The smallest absolute Gasteiger partial charge is 0.192 e. The summed E-state index contributed by atoms with van der Waals surface area (Å²) in [6.45, 7) is 10.7. The Morgan fingerprint density at radius 1 is 1.06 bits per heavy atom. The first-order chi connectivity index (χ1) is 8.13. The molecule has 4 nitrogen and oxygen atoms in total. The molecule has 0 spiro atoms. The number of aliphatic hydroxyl groups is 2. The predicted molar refractivity (Wildman–Crippen MR) is 71.9 cm³/mol. The van der Waals surface area contributed by atoms with Crippen molar-refractivity contribution >= 4 is 8.32 Å². The normalized spacial score (nSPS) is 40.3. The van der Waals surface area contributed by atoms with Crippen LogP contribution in [-0.2, 0) is 9.16 Å². The molecule has 0 aromatic heterocycles. The average molecular weight is 272 g/mol. The van der Waals surface area contributed by atoms with Gasteiger partial charge in [0.2, 0.25) is 0 Å². The molecule has 104 valence electrons. The largest absolute Gasteiger partial charge is 0.408 e. The van der Waals surface area contributed by atoms with Crippen molar-refractivity contribution in [1.82, 2.24) is 0 Å². The Morgan fingerprint density at radius 3 is 2.17 bits per heavy atom. The third-order valence-electron chi connectivity index (χ3n) is 4.39. The standard InChI is InChI=1S/C13H24O4Si/c1-13(2,3)18(4,5)17-12-9-7-6-8(16-9)10(14)11(12)15/h6-12,14-15H,1-5H3/t8-,9+,10-,11-,12+/m0/s1. The van der Waals surface area contributed by atoms with Crippen LogP contribution in [0.25, 0.3) is 0 Å². The van der Waals surface area contributed by atoms with Crippen molar-refractivity contribution in [2.45, 2.75) is 69.4 Å². The number of ether oxygens (including phenoxy) is 1. The van der Waals surface area contributed by atoms with Crippen molar-refractivity contribution in [2.75, 3.05) is 0 Å². The molecule has 1 fully saturated rings. The molecule has 2 N–H and O–H groups in total. The zero-order chi connectivity index (χ0) is 13.7. The molecule has 0 unspecified atom stereocenters. The van der Waals surface area contributed by atoms with E-state index >= 15 is 0 Å². The highest BCUT2D eigenvalue weighted by atomic mass is 28.4. The highest BCUT2D eigenvalue weighted by Crippen LogP contribution is 2.40. The van der Waals surface area contributed by atoms with Gasteiger partial charge in [-0.1, -0.05) is 32.9 Å². The van der Waals surface area contributed by atoms with E-state index in [0.717, 1.165) is 0 Å². The Labute approximate surface area is 110 Å². The third kappa shape index (κ3) is 2.30. The van der Waals surface area contributed by atoms with Gasteiger partial charge in [-0.2, -0.15) is 0 Å². The van der Waals surface area contributed by atoms with Crippen molar-refractivity contribution in [3.05, 3.63) is 12.2 Å². The van der Waals surface area contributed by atoms with Gasteiger partial charge in [0.05, 0.1) is 0 Å². The van der Waals surface area contributed by atoms with Crippen molar-refractivity contribution in [3.63, 3.8) is 0 Å². The molecule has 18 heavy (non-hydrogen) atoms. The zero-order valence-corrected chi connectivity index (χ0v) is 12.8. The van der Waals surface area contributed by atoms with Gasteiger partial charge in [0.1, 0.15) is 30.5 Å². The van der Waals surface area contributed by atoms with Crippen LogP contribution in [0.1, 0.15) is 20.8 Å². The van der Waals surface area contributed by atoms with E-state index in [1.54, 1.807) is 0 Å². The molecule has 2 aliphatic rings. The molecule has 2 heterocycles. The first-order valence-corrected chi connectivity index (χ1v) is 9.42. The molecule has 5 atom stereocenters. The second-order valence-electron chi connectivity index (χ2n) is 6.77. The highest BCUT2D eigenvalue weighted by Gasteiger charge is 2.50. The minimum absolute atomic E-state index is 0.0663. The Balaban J connectivity index is 2.16. The van der Waals surface area contributed by atoms with Crippen LogP contribution in [0.5, 0.6) is 0 Å². The second kappa shape index (κ2) is 4.42. The van der Waals surface area contributed by atoms with Crippen molar-refractivity contribution in [1.29, 1.82) is 0 Å². The van der Waals surface area contributed by atoms with Gasteiger partial charge in [0.15, 0.2) is 8.32 Å². The summed E-state index contributed by atoms with van der Waals surface area (Å²) in [5.74, 6) is 0. The van der Waals surface area contributed by atoms with Crippen LogP contribution in [0, 0.1) is 0 Å².